The Morgan fingerprint density at radius 3 is 2.74 bits per heavy atom. The van der Waals surface area contributed by atoms with Gasteiger partial charge >= 0.3 is 5.97 Å². The lowest BCUT2D eigenvalue weighted by Crippen LogP contribution is -2.40. The molecule has 0 atom stereocenters. The van der Waals surface area contributed by atoms with Gasteiger partial charge in [-0.15, -0.1) is 0 Å². The SMILES string of the molecule is CN(C1CCOCC1)S(=O)(=O)c1ccc2[nH]c(=O)c3[nH]cc(CCCC(=O)O)c3c2c1. The van der Waals surface area contributed by atoms with Crippen LogP contribution in [0.2, 0.25) is 0 Å². The molecule has 166 valence electrons. The molecule has 3 heterocycles. The van der Waals surface area contributed by atoms with Crippen LogP contribution in [0.5, 0.6) is 0 Å². The van der Waals surface area contributed by atoms with Crippen molar-refractivity contribution in [2.75, 3.05) is 20.3 Å². The molecule has 0 radical (unpaired) electrons. The highest BCUT2D eigenvalue weighted by molar-refractivity contribution is 7.89. The zero-order chi connectivity index (χ0) is 22.2. The molecule has 1 aromatic carbocycles. The number of nitrogens with zero attached hydrogens (tertiary/aromatic N) is 1. The monoisotopic (exact) mass is 447 g/mol. The molecule has 1 fully saturated rings. The number of H-pyrrole nitrogens is 2. The minimum Gasteiger partial charge on any atom is -0.481 e. The first-order chi connectivity index (χ1) is 14.8. The Hall–Kier alpha value is -2.69. The highest BCUT2D eigenvalue weighted by atomic mass is 32.2. The second-order valence-electron chi connectivity index (χ2n) is 7.84. The van der Waals surface area contributed by atoms with Crippen LogP contribution in [0.4, 0.5) is 0 Å². The van der Waals surface area contributed by atoms with Gasteiger partial charge in [0.15, 0.2) is 0 Å². The number of aromatic nitrogens is 2. The predicted octanol–water partition coefficient (Wildman–Crippen LogP) is 2.22. The number of sulfonamides is 1. The first-order valence-corrected chi connectivity index (χ1v) is 11.7. The Labute approximate surface area is 179 Å². The number of ether oxygens (including phenoxy) is 1. The van der Waals surface area contributed by atoms with Gasteiger partial charge in [-0.05, 0) is 49.4 Å². The van der Waals surface area contributed by atoms with Crippen molar-refractivity contribution in [1.82, 2.24) is 14.3 Å². The molecule has 1 aliphatic rings. The Morgan fingerprint density at radius 1 is 1.29 bits per heavy atom. The fraction of sp³-hybridized carbons (Fsp3) is 0.429. The van der Waals surface area contributed by atoms with Crippen molar-refractivity contribution in [2.24, 2.45) is 0 Å². The summed E-state index contributed by atoms with van der Waals surface area (Å²) in [5, 5.41) is 10.2. The lowest BCUT2D eigenvalue weighted by Gasteiger charge is -2.30. The van der Waals surface area contributed by atoms with Crippen LogP contribution < -0.4 is 5.56 Å². The first-order valence-electron chi connectivity index (χ1n) is 10.2. The summed E-state index contributed by atoms with van der Waals surface area (Å²) >= 11 is 0. The number of hydrogen-bond donors (Lipinski definition) is 3. The molecule has 0 spiro atoms. The summed E-state index contributed by atoms with van der Waals surface area (Å²) in [7, 11) is -2.15. The average molecular weight is 448 g/mol. The third kappa shape index (κ3) is 4.10. The maximum atomic E-state index is 13.3. The van der Waals surface area contributed by atoms with Gasteiger partial charge < -0.3 is 19.8 Å². The minimum atomic E-state index is -3.74. The van der Waals surface area contributed by atoms with Gasteiger partial charge in [0.1, 0.15) is 5.52 Å². The normalized spacial score (nSPS) is 15.8. The first kappa shape index (κ1) is 21.5. The van der Waals surface area contributed by atoms with E-state index in [0.29, 0.717) is 60.7 Å². The number of aryl methyl sites for hydroxylation is 1. The average Bonchev–Trinajstić information content (AvgIpc) is 3.18. The van der Waals surface area contributed by atoms with E-state index in [-0.39, 0.29) is 22.9 Å². The standard InChI is InChI=1S/C21H25N3O6S/c1-24(14-7-9-30-10-8-14)31(28,29)15-5-6-17-16(11-15)19-13(3-2-4-18(25)26)12-22-20(19)21(27)23-17/h5-6,11-12,14,22H,2-4,7-10H2,1H3,(H,23,27)(H,25,26). The Balaban J connectivity index is 1.79. The second kappa shape index (κ2) is 8.45. The number of rotatable bonds is 7. The van der Waals surface area contributed by atoms with Crippen molar-refractivity contribution in [3.8, 4) is 0 Å². The van der Waals surface area contributed by atoms with Crippen LogP contribution in [-0.4, -0.2) is 60.1 Å². The Kier molecular flexibility index (Phi) is 5.87. The quantitative estimate of drug-likeness (QED) is 0.509. The van der Waals surface area contributed by atoms with Crippen LogP contribution in [0.1, 0.15) is 31.2 Å². The predicted molar refractivity (Wildman–Crippen MR) is 116 cm³/mol. The summed E-state index contributed by atoms with van der Waals surface area (Å²) in [6.07, 6.45) is 3.88. The molecule has 0 bridgehead atoms. The lowest BCUT2D eigenvalue weighted by molar-refractivity contribution is -0.137. The fourth-order valence-corrected chi connectivity index (χ4v) is 5.62. The van der Waals surface area contributed by atoms with E-state index < -0.39 is 16.0 Å². The molecule has 0 amide bonds. The number of carboxylic acids is 1. The van der Waals surface area contributed by atoms with E-state index in [0.717, 1.165) is 5.56 Å². The molecule has 1 saturated heterocycles. The number of fused-ring (bicyclic) bond motifs is 3. The molecule has 3 aromatic rings. The van der Waals surface area contributed by atoms with Crippen LogP contribution in [0, 0.1) is 0 Å². The van der Waals surface area contributed by atoms with Gasteiger partial charge in [-0.1, -0.05) is 0 Å². The molecule has 0 aliphatic carbocycles. The van der Waals surface area contributed by atoms with Crippen molar-refractivity contribution >= 4 is 37.8 Å². The van der Waals surface area contributed by atoms with E-state index in [2.05, 4.69) is 9.97 Å². The molecule has 0 unspecified atom stereocenters. The van der Waals surface area contributed by atoms with Crippen molar-refractivity contribution < 1.29 is 23.1 Å². The largest absolute Gasteiger partial charge is 0.481 e. The zero-order valence-corrected chi connectivity index (χ0v) is 18.0. The van der Waals surface area contributed by atoms with Gasteiger partial charge in [0.2, 0.25) is 10.0 Å². The van der Waals surface area contributed by atoms with Crippen LogP contribution in [0.25, 0.3) is 21.8 Å². The lowest BCUT2D eigenvalue weighted by atomic mass is 10.0. The van der Waals surface area contributed by atoms with E-state index in [1.165, 1.54) is 10.4 Å². The molecular formula is C21H25N3O6S. The van der Waals surface area contributed by atoms with Gasteiger partial charge in [-0.25, -0.2) is 8.42 Å². The van der Waals surface area contributed by atoms with Gasteiger partial charge in [-0.3, -0.25) is 9.59 Å². The topological polar surface area (TPSA) is 133 Å². The van der Waals surface area contributed by atoms with Gasteiger partial charge in [-0.2, -0.15) is 4.31 Å². The van der Waals surface area contributed by atoms with E-state index in [1.54, 1.807) is 25.4 Å². The van der Waals surface area contributed by atoms with Crippen molar-refractivity contribution in [3.63, 3.8) is 0 Å². The summed E-state index contributed by atoms with van der Waals surface area (Å²) in [5.41, 5.74) is 1.37. The third-order valence-corrected chi connectivity index (χ3v) is 7.82. The van der Waals surface area contributed by atoms with Crippen LogP contribution in [0.3, 0.4) is 0 Å². The highest BCUT2D eigenvalue weighted by Gasteiger charge is 2.29. The molecule has 3 N–H and O–H groups in total. The summed E-state index contributed by atoms with van der Waals surface area (Å²) in [5.74, 6) is -0.882. The van der Waals surface area contributed by atoms with Crippen LogP contribution >= 0.6 is 0 Å². The summed E-state index contributed by atoms with van der Waals surface area (Å²) in [6, 6.07) is 4.58. The van der Waals surface area contributed by atoms with Gasteiger partial charge in [0, 0.05) is 55.2 Å². The number of benzene rings is 1. The van der Waals surface area contributed by atoms with Crippen molar-refractivity contribution in [3.05, 3.63) is 40.3 Å². The molecular weight excluding hydrogens is 422 g/mol. The molecule has 31 heavy (non-hydrogen) atoms. The van der Waals surface area contributed by atoms with Gasteiger partial charge in [0.05, 0.1) is 4.90 Å². The van der Waals surface area contributed by atoms with Crippen molar-refractivity contribution in [1.29, 1.82) is 0 Å². The summed E-state index contributed by atoms with van der Waals surface area (Å²) in [6.45, 7) is 1.07. The fourth-order valence-electron chi connectivity index (χ4n) is 4.17. The number of pyridine rings is 1. The Morgan fingerprint density at radius 2 is 2.03 bits per heavy atom. The Bertz CT molecular complexity index is 1290. The number of carbonyl (C=O) groups is 1. The molecule has 1 aliphatic heterocycles. The number of carboxylic acid groups (broad SMARTS) is 1. The maximum absolute atomic E-state index is 13.3. The minimum absolute atomic E-state index is 0.0172. The van der Waals surface area contributed by atoms with E-state index >= 15 is 0 Å². The maximum Gasteiger partial charge on any atom is 0.303 e. The zero-order valence-electron chi connectivity index (χ0n) is 17.2. The van der Waals surface area contributed by atoms with E-state index in [4.69, 9.17) is 9.84 Å². The highest BCUT2D eigenvalue weighted by Crippen LogP contribution is 2.30. The summed E-state index contributed by atoms with van der Waals surface area (Å²) in [4.78, 5) is 29.2. The van der Waals surface area contributed by atoms with Crippen LogP contribution in [-0.2, 0) is 26.0 Å². The van der Waals surface area contributed by atoms with Crippen LogP contribution in [0.15, 0.2) is 34.1 Å². The number of aromatic amines is 2. The summed E-state index contributed by atoms with van der Waals surface area (Å²) < 4.78 is 33.3. The molecule has 10 heteroatoms. The number of hydrogen-bond acceptors (Lipinski definition) is 5. The molecule has 2 aromatic heterocycles. The molecule has 9 nitrogen and oxygen atoms in total. The third-order valence-electron chi connectivity index (χ3n) is 5.92. The van der Waals surface area contributed by atoms with Crippen molar-refractivity contribution in [2.45, 2.75) is 43.0 Å². The molecule has 4 rings (SSSR count). The smallest absolute Gasteiger partial charge is 0.303 e. The van der Waals surface area contributed by atoms with E-state index in [9.17, 15) is 18.0 Å². The number of aliphatic carboxylic acids is 1. The number of nitrogens with one attached hydrogen (secondary N) is 2. The van der Waals surface area contributed by atoms with Gasteiger partial charge in [0.25, 0.3) is 5.56 Å². The second-order valence-corrected chi connectivity index (χ2v) is 9.84. The van der Waals surface area contributed by atoms with E-state index in [1.807, 2.05) is 0 Å². The molecule has 0 saturated carbocycles.